The van der Waals surface area contributed by atoms with Crippen LogP contribution in [-0.2, 0) is 25.7 Å². The number of halogens is 2. The van der Waals surface area contributed by atoms with E-state index in [1.807, 2.05) is 0 Å². The van der Waals surface area contributed by atoms with Crippen LogP contribution >= 0.6 is 0 Å². The van der Waals surface area contributed by atoms with Gasteiger partial charge in [-0.1, -0.05) is 26.2 Å². The van der Waals surface area contributed by atoms with Crippen LogP contribution in [0.15, 0.2) is 18.2 Å². The molecule has 0 bridgehead atoms. The number of carbonyl (C=O) groups excluding carboxylic acids is 2. The standard InChI is InChI=1S/C17H22F2O4/c1-2-3-4-5-10-22-16(20)8-9-17(21)23-12-13-11-14(18)6-7-15(13)19/h6-7,11H,2-5,8-10,12H2,1H3. The number of esters is 2. The highest BCUT2D eigenvalue weighted by atomic mass is 19.1. The van der Waals surface area contributed by atoms with Crippen LogP contribution in [0.2, 0.25) is 0 Å². The fraction of sp³-hybridized carbons (Fsp3) is 0.529. The third-order valence-corrected chi connectivity index (χ3v) is 3.19. The molecule has 4 nitrogen and oxygen atoms in total. The Hall–Kier alpha value is -1.98. The average Bonchev–Trinajstić information content (AvgIpc) is 2.53. The summed E-state index contributed by atoms with van der Waals surface area (Å²) in [7, 11) is 0. The minimum absolute atomic E-state index is 0.0446. The maximum atomic E-state index is 13.3. The number of benzene rings is 1. The molecule has 23 heavy (non-hydrogen) atoms. The van der Waals surface area contributed by atoms with Crippen molar-refractivity contribution in [1.82, 2.24) is 0 Å². The van der Waals surface area contributed by atoms with Crippen LogP contribution in [0, 0.1) is 11.6 Å². The number of unbranched alkanes of at least 4 members (excludes halogenated alkanes) is 3. The summed E-state index contributed by atoms with van der Waals surface area (Å²) in [6.07, 6.45) is 3.78. The smallest absolute Gasteiger partial charge is 0.306 e. The Morgan fingerprint density at radius 2 is 1.70 bits per heavy atom. The average molecular weight is 328 g/mol. The summed E-state index contributed by atoms with van der Waals surface area (Å²) in [6.45, 7) is 2.07. The summed E-state index contributed by atoms with van der Waals surface area (Å²) < 4.78 is 36.1. The van der Waals surface area contributed by atoms with Gasteiger partial charge in [-0.3, -0.25) is 9.59 Å². The molecular weight excluding hydrogens is 306 g/mol. The fourth-order valence-corrected chi connectivity index (χ4v) is 1.88. The Morgan fingerprint density at radius 1 is 1.00 bits per heavy atom. The van der Waals surface area contributed by atoms with Crippen LogP contribution in [0.3, 0.4) is 0 Å². The van der Waals surface area contributed by atoms with Crippen molar-refractivity contribution in [3.63, 3.8) is 0 Å². The normalized spacial score (nSPS) is 10.4. The summed E-state index contributed by atoms with van der Waals surface area (Å²) in [5.41, 5.74) is -0.0446. The van der Waals surface area contributed by atoms with Gasteiger partial charge >= 0.3 is 11.9 Å². The molecule has 1 aromatic rings. The maximum absolute atomic E-state index is 13.3. The number of hydrogen-bond donors (Lipinski definition) is 0. The topological polar surface area (TPSA) is 52.6 Å². The number of rotatable bonds is 10. The molecule has 0 aliphatic carbocycles. The number of hydrogen-bond acceptors (Lipinski definition) is 4. The number of carbonyl (C=O) groups is 2. The third-order valence-electron chi connectivity index (χ3n) is 3.19. The molecule has 6 heteroatoms. The van der Waals surface area contributed by atoms with E-state index in [-0.39, 0.29) is 25.0 Å². The molecule has 0 aliphatic rings. The molecule has 0 fully saturated rings. The van der Waals surface area contributed by atoms with Crippen LogP contribution in [0.1, 0.15) is 51.0 Å². The van der Waals surface area contributed by atoms with Crippen molar-refractivity contribution >= 4 is 11.9 Å². The van der Waals surface area contributed by atoms with E-state index in [4.69, 9.17) is 9.47 Å². The van der Waals surface area contributed by atoms with E-state index in [1.165, 1.54) is 0 Å². The van der Waals surface area contributed by atoms with Crippen LogP contribution in [0.5, 0.6) is 0 Å². The Kier molecular flexibility index (Phi) is 8.87. The quantitative estimate of drug-likeness (QED) is 0.483. The van der Waals surface area contributed by atoms with Crippen molar-refractivity contribution < 1.29 is 27.8 Å². The van der Waals surface area contributed by atoms with Crippen LogP contribution in [0.4, 0.5) is 8.78 Å². The molecule has 0 saturated heterocycles. The first kappa shape index (κ1) is 19.1. The highest BCUT2D eigenvalue weighted by Gasteiger charge is 2.11. The van der Waals surface area contributed by atoms with Gasteiger partial charge in [-0.15, -0.1) is 0 Å². The lowest BCUT2D eigenvalue weighted by Gasteiger charge is -2.07. The monoisotopic (exact) mass is 328 g/mol. The zero-order chi connectivity index (χ0) is 17.1. The molecule has 0 aliphatic heterocycles. The van der Waals surface area contributed by atoms with Crippen LogP contribution in [0.25, 0.3) is 0 Å². The molecular formula is C17H22F2O4. The first-order valence-electron chi connectivity index (χ1n) is 7.78. The Balaban J connectivity index is 2.19. The molecule has 0 atom stereocenters. The molecule has 0 saturated carbocycles. The Bertz CT molecular complexity index is 517. The lowest BCUT2D eigenvalue weighted by molar-refractivity contribution is -0.151. The van der Waals surface area contributed by atoms with E-state index < -0.39 is 23.6 Å². The number of ether oxygens (including phenoxy) is 2. The molecule has 0 spiro atoms. The van der Waals surface area contributed by atoms with Gasteiger partial charge in [-0.05, 0) is 24.6 Å². The highest BCUT2D eigenvalue weighted by Crippen LogP contribution is 2.11. The molecule has 0 heterocycles. The Labute approximate surface area is 134 Å². The molecule has 0 aromatic heterocycles. The van der Waals surface area contributed by atoms with Crippen molar-refractivity contribution in [2.24, 2.45) is 0 Å². The Morgan fingerprint density at radius 3 is 2.39 bits per heavy atom. The zero-order valence-electron chi connectivity index (χ0n) is 13.3. The van der Waals surface area contributed by atoms with Gasteiger partial charge in [0, 0.05) is 5.56 Å². The molecule has 0 N–H and O–H groups in total. The van der Waals surface area contributed by atoms with E-state index in [0.29, 0.717) is 6.61 Å². The van der Waals surface area contributed by atoms with Crippen LogP contribution in [-0.4, -0.2) is 18.5 Å². The maximum Gasteiger partial charge on any atom is 0.306 e. The second-order valence-corrected chi connectivity index (χ2v) is 5.18. The minimum Gasteiger partial charge on any atom is -0.466 e. The minimum atomic E-state index is -0.656. The summed E-state index contributed by atoms with van der Waals surface area (Å²) in [5, 5.41) is 0. The molecule has 1 aromatic carbocycles. The highest BCUT2D eigenvalue weighted by molar-refractivity contribution is 5.77. The van der Waals surface area contributed by atoms with Crippen LogP contribution < -0.4 is 0 Å². The van der Waals surface area contributed by atoms with Crippen molar-refractivity contribution in [2.45, 2.75) is 52.1 Å². The second kappa shape index (κ2) is 10.7. The summed E-state index contributed by atoms with van der Waals surface area (Å²) in [4.78, 5) is 22.9. The lowest BCUT2D eigenvalue weighted by Crippen LogP contribution is -2.11. The molecule has 1 rings (SSSR count). The molecule has 0 radical (unpaired) electrons. The third kappa shape index (κ3) is 8.28. The summed E-state index contributed by atoms with van der Waals surface area (Å²) >= 11 is 0. The van der Waals surface area contributed by atoms with Gasteiger partial charge in [-0.25, -0.2) is 8.78 Å². The fourth-order valence-electron chi connectivity index (χ4n) is 1.88. The van der Waals surface area contributed by atoms with Crippen molar-refractivity contribution in [1.29, 1.82) is 0 Å². The lowest BCUT2D eigenvalue weighted by atomic mass is 10.2. The van der Waals surface area contributed by atoms with Crippen molar-refractivity contribution in [2.75, 3.05) is 6.61 Å². The SMILES string of the molecule is CCCCCCOC(=O)CCC(=O)OCc1cc(F)ccc1F. The van der Waals surface area contributed by atoms with Crippen molar-refractivity contribution in [3.8, 4) is 0 Å². The van der Waals surface area contributed by atoms with E-state index in [9.17, 15) is 18.4 Å². The van der Waals surface area contributed by atoms with Gasteiger partial charge in [0.2, 0.25) is 0 Å². The van der Waals surface area contributed by atoms with Gasteiger partial charge in [0.25, 0.3) is 0 Å². The van der Waals surface area contributed by atoms with E-state index in [0.717, 1.165) is 43.9 Å². The van der Waals surface area contributed by atoms with Crippen molar-refractivity contribution in [3.05, 3.63) is 35.4 Å². The zero-order valence-corrected chi connectivity index (χ0v) is 13.3. The van der Waals surface area contributed by atoms with Gasteiger partial charge in [-0.2, -0.15) is 0 Å². The predicted octanol–water partition coefficient (Wildman–Crippen LogP) is 3.91. The van der Waals surface area contributed by atoms with Gasteiger partial charge in [0.05, 0.1) is 19.4 Å². The second-order valence-electron chi connectivity index (χ2n) is 5.18. The summed E-state index contributed by atoms with van der Waals surface area (Å²) in [5.74, 6) is -2.37. The van der Waals surface area contributed by atoms with E-state index >= 15 is 0 Å². The predicted molar refractivity (Wildman–Crippen MR) is 80.5 cm³/mol. The van der Waals surface area contributed by atoms with Gasteiger partial charge < -0.3 is 9.47 Å². The summed E-state index contributed by atoms with van der Waals surface area (Å²) in [6, 6.07) is 2.92. The first-order chi connectivity index (χ1) is 11.0. The van der Waals surface area contributed by atoms with Gasteiger partial charge in [0.15, 0.2) is 0 Å². The molecule has 0 unspecified atom stereocenters. The largest absolute Gasteiger partial charge is 0.466 e. The van der Waals surface area contributed by atoms with Gasteiger partial charge in [0.1, 0.15) is 18.2 Å². The molecule has 0 amide bonds. The van der Waals surface area contributed by atoms with E-state index in [2.05, 4.69) is 6.92 Å². The first-order valence-corrected chi connectivity index (χ1v) is 7.78. The van der Waals surface area contributed by atoms with E-state index in [1.54, 1.807) is 0 Å². The molecule has 128 valence electrons.